The molecular weight excluding hydrogens is 247 g/mol. The summed E-state index contributed by atoms with van der Waals surface area (Å²) in [6.45, 7) is 10.9. The lowest BCUT2D eigenvalue weighted by Gasteiger charge is -2.36. The number of benzene rings is 1. The summed E-state index contributed by atoms with van der Waals surface area (Å²) in [5, 5.41) is 9.05. The van der Waals surface area contributed by atoms with Gasteiger partial charge in [0.1, 0.15) is 5.82 Å². The second kappa shape index (κ2) is 5.51. The summed E-state index contributed by atoms with van der Waals surface area (Å²) in [4.78, 5) is 0. The Hall–Kier alpha value is -0.713. The van der Waals surface area contributed by atoms with E-state index in [4.69, 9.17) is 9.53 Å². The van der Waals surface area contributed by atoms with E-state index in [0.717, 1.165) is 0 Å². The number of aliphatic hydroxyl groups is 1. The lowest BCUT2D eigenvalue weighted by atomic mass is 10.1. The maximum absolute atomic E-state index is 13.7. The highest BCUT2D eigenvalue weighted by molar-refractivity contribution is 6.74. The molecule has 18 heavy (non-hydrogen) atoms. The summed E-state index contributed by atoms with van der Waals surface area (Å²) in [5.74, 6) is -0.305. The summed E-state index contributed by atoms with van der Waals surface area (Å²) in [7, 11) is -1.85. The van der Waals surface area contributed by atoms with Crippen LogP contribution < -0.4 is 0 Å². The van der Waals surface area contributed by atoms with Crippen LogP contribution in [0.25, 0.3) is 0 Å². The molecule has 0 saturated carbocycles. The van der Waals surface area contributed by atoms with Gasteiger partial charge in [-0.3, -0.25) is 0 Å². The molecule has 0 unspecified atom stereocenters. The van der Waals surface area contributed by atoms with Crippen molar-refractivity contribution in [1.29, 1.82) is 0 Å². The Balaban J connectivity index is 2.75. The van der Waals surface area contributed by atoms with Gasteiger partial charge in [0.2, 0.25) is 0 Å². The monoisotopic (exact) mass is 270 g/mol. The molecule has 0 saturated heterocycles. The number of aliphatic hydroxyl groups excluding tert-OH is 1. The van der Waals surface area contributed by atoms with Crippen LogP contribution in [-0.4, -0.2) is 13.4 Å². The molecule has 4 heteroatoms. The molecule has 0 aromatic heterocycles. The standard InChI is InChI=1S/C14H23FO2Si/c1-14(2,3)18(4,5)17-10-12-7-6-11(9-16)8-13(12)15/h6-8,16H,9-10H2,1-5H3. The molecule has 1 rings (SSSR count). The third-order valence-electron chi connectivity index (χ3n) is 3.69. The van der Waals surface area contributed by atoms with Crippen molar-refractivity contribution in [3.05, 3.63) is 35.1 Å². The average Bonchev–Trinajstić information content (AvgIpc) is 2.25. The number of halogens is 1. The van der Waals surface area contributed by atoms with Gasteiger partial charge in [0.15, 0.2) is 8.32 Å². The van der Waals surface area contributed by atoms with Crippen molar-refractivity contribution in [3.63, 3.8) is 0 Å². The summed E-state index contributed by atoms with van der Waals surface area (Å²) in [6.07, 6.45) is 0. The first kappa shape index (κ1) is 15.3. The zero-order valence-electron chi connectivity index (χ0n) is 11.9. The van der Waals surface area contributed by atoms with E-state index in [9.17, 15) is 4.39 Å². The van der Waals surface area contributed by atoms with E-state index >= 15 is 0 Å². The Bertz CT molecular complexity index is 411. The molecule has 0 heterocycles. The van der Waals surface area contributed by atoms with Crippen LogP contribution in [0.1, 0.15) is 31.9 Å². The lowest BCUT2D eigenvalue weighted by molar-refractivity contribution is 0.269. The zero-order valence-corrected chi connectivity index (χ0v) is 12.9. The minimum Gasteiger partial charge on any atom is -0.412 e. The fourth-order valence-corrected chi connectivity index (χ4v) is 2.23. The predicted molar refractivity (Wildman–Crippen MR) is 74.3 cm³/mol. The quantitative estimate of drug-likeness (QED) is 0.842. The summed E-state index contributed by atoms with van der Waals surface area (Å²) >= 11 is 0. The Morgan fingerprint density at radius 3 is 2.33 bits per heavy atom. The largest absolute Gasteiger partial charge is 0.412 e. The molecule has 0 aliphatic carbocycles. The SMILES string of the molecule is CC(C)(C)[Si](C)(C)OCc1ccc(CO)cc1F. The van der Waals surface area contributed by atoms with Crippen molar-refractivity contribution < 1.29 is 13.9 Å². The number of hydrogen-bond acceptors (Lipinski definition) is 2. The molecule has 0 aliphatic heterocycles. The molecule has 102 valence electrons. The van der Waals surface area contributed by atoms with Gasteiger partial charge in [-0.05, 0) is 29.8 Å². The van der Waals surface area contributed by atoms with Crippen molar-refractivity contribution in [2.24, 2.45) is 0 Å². The van der Waals surface area contributed by atoms with Gasteiger partial charge in [-0.1, -0.05) is 32.9 Å². The molecule has 0 amide bonds. The van der Waals surface area contributed by atoms with E-state index in [0.29, 0.717) is 17.7 Å². The fraction of sp³-hybridized carbons (Fsp3) is 0.571. The highest BCUT2D eigenvalue weighted by Crippen LogP contribution is 2.37. The highest BCUT2D eigenvalue weighted by Gasteiger charge is 2.37. The first-order valence-electron chi connectivity index (χ1n) is 6.19. The van der Waals surface area contributed by atoms with Crippen LogP contribution in [0.4, 0.5) is 4.39 Å². The first-order chi connectivity index (χ1) is 8.17. The molecule has 0 fully saturated rings. The number of hydrogen-bond donors (Lipinski definition) is 1. The Morgan fingerprint density at radius 2 is 1.89 bits per heavy atom. The van der Waals surface area contributed by atoms with E-state index in [1.807, 2.05) is 0 Å². The topological polar surface area (TPSA) is 29.5 Å². The van der Waals surface area contributed by atoms with Gasteiger partial charge in [0, 0.05) is 5.56 Å². The zero-order chi connectivity index (χ0) is 14.0. The maximum Gasteiger partial charge on any atom is 0.192 e. The van der Waals surface area contributed by atoms with Crippen LogP contribution >= 0.6 is 0 Å². The van der Waals surface area contributed by atoms with Crippen molar-refractivity contribution in [2.45, 2.75) is 52.1 Å². The van der Waals surface area contributed by atoms with Crippen molar-refractivity contribution in [1.82, 2.24) is 0 Å². The molecule has 0 bridgehead atoms. The van der Waals surface area contributed by atoms with Crippen LogP contribution in [0.2, 0.25) is 18.1 Å². The van der Waals surface area contributed by atoms with Gasteiger partial charge in [-0.15, -0.1) is 0 Å². The molecule has 1 N–H and O–H groups in total. The Labute approximate surface area is 110 Å². The maximum atomic E-state index is 13.7. The van der Waals surface area contributed by atoms with Crippen molar-refractivity contribution >= 4 is 8.32 Å². The summed E-state index contributed by atoms with van der Waals surface area (Å²) < 4.78 is 19.7. The Kier molecular flexibility index (Phi) is 4.70. The fourth-order valence-electron chi connectivity index (χ4n) is 1.28. The second-order valence-corrected chi connectivity index (χ2v) is 10.9. The number of rotatable bonds is 4. The van der Waals surface area contributed by atoms with E-state index in [2.05, 4.69) is 33.9 Å². The van der Waals surface area contributed by atoms with E-state index < -0.39 is 8.32 Å². The molecule has 0 radical (unpaired) electrons. The molecular formula is C14H23FO2Si. The smallest absolute Gasteiger partial charge is 0.192 e. The van der Waals surface area contributed by atoms with Crippen LogP contribution in [0.5, 0.6) is 0 Å². The minimum absolute atomic E-state index is 0.120. The molecule has 2 nitrogen and oxygen atoms in total. The summed E-state index contributed by atoms with van der Waals surface area (Å²) in [6, 6.07) is 4.78. The molecule has 0 atom stereocenters. The van der Waals surface area contributed by atoms with Gasteiger partial charge in [-0.25, -0.2) is 4.39 Å². The van der Waals surface area contributed by atoms with E-state index in [1.54, 1.807) is 12.1 Å². The molecule has 1 aromatic rings. The Morgan fingerprint density at radius 1 is 1.28 bits per heavy atom. The van der Waals surface area contributed by atoms with Crippen molar-refractivity contribution in [3.8, 4) is 0 Å². The normalized spacial score (nSPS) is 12.8. The third kappa shape index (κ3) is 3.64. The minimum atomic E-state index is -1.85. The highest BCUT2D eigenvalue weighted by atomic mass is 28.4. The predicted octanol–water partition coefficient (Wildman–Crippen LogP) is 3.84. The molecule has 0 spiro atoms. The average molecular weight is 270 g/mol. The van der Waals surface area contributed by atoms with Crippen LogP contribution in [0.15, 0.2) is 18.2 Å². The van der Waals surface area contributed by atoms with E-state index in [1.165, 1.54) is 6.07 Å². The van der Waals surface area contributed by atoms with Gasteiger partial charge in [0.05, 0.1) is 13.2 Å². The van der Waals surface area contributed by atoms with Gasteiger partial charge in [0.25, 0.3) is 0 Å². The van der Waals surface area contributed by atoms with E-state index in [-0.39, 0.29) is 17.5 Å². The van der Waals surface area contributed by atoms with Crippen LogP contribution in [-0.2, 0) is 17.6 Å². The van der Waals surface area contributed by atoms with Crippen LogP contribution in [0, 0.1) is 5.82 Å². The van der Waals surface area contributed by atoms with Crippen molar-refractivity contribution in [2.75, 3.05) is 0 Å². The summed E-state index contributed by atoms with van der Waals surface area (Å²) in [5.41, 5.74) is 1.14. The lowest BCUT2D eigenvalue weighted by Crippen LogP contribution is -2.40. The molecule has 1 aromatic carbocycles. The third-order valence-corrected chi connectivity index (χ3v) is 8.17. The molecule has 0 aliphatic rings. The van der Waals surface area contributed by atoms with Crippen LogP contribution in [0.3, 0.4) is 0 Å². The van der Waals surface area contributed by atoms with Gasteiger partial charge >= 0.3 is 0 Å². The second-order valence-electron chi connectivity index (χ2n) is 6.13. The van der Waals surface area contributed by atoms with Gasteiger partial charge < -0.3 is 9.53 Å². The van der Waals surface area contributed by atoms with Gasteiger partial charge in [-0.2, -0.15) is 0 Å². The first-order valence-corrected chi connectivity index (χ1v) is 9.10.